The molecule has 110 valence electrons. The van der Waals surface area contributed by atoms with Crippen molar-refractivity contribution in [2.45, 2.75) is 46.3 Å². The van der Waals surface area contributed by atoms with Crippen LogP contribution in [0.15, 0.2) is 0 Å². The summed E-state index contributed by atoms with van der Waals surface area (Å²) in [6, 6.07) is 0.141. The van der Waals surface area contributed by atoms with Crippen molar-refractivity contribution in [3.63, 3.8) is 0 Å². The number of ether oxygens (including phenoxy) is 1. The molecule has 0 aliphatic rings. The smallest absolute Gasteiger partial charge is 0.129 e. The summed E-state index contributed by atoms with van der Waals surface area (Å²) in [7, 11) is 4.05. The zero-order chi connectivity index (χ0) is 14.6. The van der Waals surface area contributed by atoms with Crippen molar-refractivity contribution in [2.75, 3.05) is 25.1 Å². The van der Waals surface area contributed by atoms with E-state index in [-0.39, 0.29) is 12.1 Å². The molecule has 1 heterocycles. The van der Waals surface area contributed by atoms with E-state index < -0.39 is 0 Å². The molecule has 0 spiro atoms. The molecule has 0 fully saturated rings. The van der Waals surface area contributed by atoms with Gasteiger partial charge in [0.15, 0.2) is 0 Å². The second kappa shape index (κ2) is 6.91. The molecule has 0 saturated carbocycles. The number of likely N-dealkylation sites (N-methyl/N-ethyl adjacent to an activating group) is 1. The molecule has 0 amide bonds. The lowest BCUT2D eigenvalue weighted by Crippen LogP contribution is -2.28. The molecule has 0 aromatic carbocycles. The van der Waals surface area contributed by atoms with E-state index in [1.807, 2.05) is 25.6 Å². The first-order chi connectivity index (χ1) is 8.82. The number of rotatable bonds is 7. The van der Waals surface area contributed by atoms with Crippen LogP contribution in [-0.4, -0.2) is 42.1 Å². The van der Waals surface area contributed by atoms with Gasteiger partial charge in [0.25, 0.3) is 0 Å². The molecule has 5 nitrogen and oxygen atoms in total. The lowest BCUT2D eigenvalue weighted by atomic mass is 10.1. The topological polar surface area (TPSA) is 56.3 Å². The van der Waals surface area contributed by atoms with Crippen LogP contribution in [0.5, 0.6) is 0 Å². The Morgan fingerprint density at radius 2 is 2.00 bits per heavy atom. The third-order valence-corrected chi connectivity index (χ3v) is 3.08. The molecule has 1 unspecified atom stereocenters. The molecule has 0 radical (unpaired) electrons. The van der Waals surface area contributed by atoms with Crippen LogP contribution in [0.2, 0.25) is 0 Å². The van der Waals surface area contributed by atoms with Gasteiger partial charge in [0.2, 0.25) is 0 Å². The summed E-state index contributed by atoms with van der Waals surface area (Å²) in [6.45, 7) is 9.74. The van der Waals surface area contributed by atoms with Gasteiger partial charge in [-0.25, -0.2) is 0 Å². The van der Waals surface area contributed by atoms with Crippen molar-refractivity contribution >= 4 is 5.82 Å². The Bertz CT molecular complexity index is 398. The molecule has 0 aliphatic heterocycles. The van der Waals surface area contributed by atoms with Crippen molar-refractivity contribution in [1.82, 2.24) is 9.78 Å². The van der Waals surface area contributed by atoms with Gasteiger partial charge in [0.1, 0.15) is 5.82 Å². The first-order valence-corrected chi connectivity index (χ1v) is 6.93. The molecule has 1 rings (SSSR count). The van der Waals surface area contributed by atoms with Crippen molar-refractivity contribution in [3.05, 3.63) is 11.3 Å². The van der Waals surface area contributed by atoms with Crippen LogP contribution < -0.4 is 10.6 Å². The fourth-order valence-electron chi connectivity index (χ4n) is 2.26. The minimum Gasteiger partial charge on any atom is -0.377 e. The van der Waals surface area contributed by atoms with Gasteiger partial charge >= 0.3 is 0 Å². The average molecular weight is 268 g/mol. The van der Waals surface area contributed by atoms with E-state index in [0.717, 1.165) is 31.1 Å². The summed E-state index contributed by atoms with van der Waals surface area (Å²) < 4.78 is 7.54. The normalized spacial score (nSPS) is 13.1. The van der Waals surface area contributed by atoms with Crippen molar-refractivity contribution in [2.24, 2.45) is 12.8 Å². The lowest BCUT2D eigenvalue weighted by Gasteiger charge is -2.22. The van der Waals surface area contributed by atoms with Crippen LogP contribution in [0.25, 0.3) is 0 Å². The van der Waals surface area contributed by atoms with Crippen molar-refractivity contribution in [1.29, 1.82) is 0 Å². The quantitative estimate of drug-likeness (QED) is 0.814. The Morgan fingerprint density at radius 3 is 2.53 bits per heavy atom. The number of aryl methyl sites for hydroxylation is 2. The summed E-state index contributed by atoms with van der Waals surface area (Å²) >= 11 is 0. The predicted molar refractivity (Wildman–Crippen MR) is 79.7 cm³/mol. The van der Waals surface area contributed by atoms with Gasteiger partial charge in [-0.1, -0.05) is 0 Å². The summed E-state index contributed by atoms with van der Waals surface area (Å²) in [5.74, 6) is 1.14. The van der Waals surface area contributed by atoms with Gasteiger partial charge in [0, 0.05) is 32.2 Å². The van der Waals surface area contributed by atoms with Crippen LogP contribution in [-0.2, 0) is 18.2 Å². The summed E-state index contributed by atoms with van der Waals surface area (Å²) in [6.07, 6.45) is 1.12. The van der Waals surface area contributed by atoms with Crippen LogP contribution >= 0.6 is 0 Å². The maximum atomic E-state index is 5.93. The van der Waals surface area contributed by atoms with Gasteiger partial charge in [-0.15, -0.1) is 0 Å². The third-order valence-electron chi connectivity index (χ3n) is 3.08. The molecule has 1 aromatic heterocycles. The number of hydrogen-bond acceptors (Lipinski definition) is 4. The second-order valence-electron chi connectivity index (χ2n) is 5.53. The number of nitrogens with zero attached hydrogens (tertiary/aromatic N) is 3. The zero-order valence-electron chi connectivity index (χ0n) is 13.1. The Morgan fingerprint density at radius 1 is 1.37 bits per heavy atom. The molecule has 1 atom stereocenters. The van der Waals surface area contributed by atoms with E-state index in [1.54, 1.807) is 0 Å². The molecule has 19 heavy (non-hydrogen) atoms. The molecule has 1 aromatic rings. The Balaban J connectivity index is 2.80. The van der Waals surface area contributed by atoms with E-state index in [9.17, 15) is 0 Å². The zero-order valence-corrected chi connectivity index (χ0v) is 13.1. The van der Waals surface area contributed by atoms with Crippen LogP contribution in [0.1, 0.15) is 32.0 Å². The summed E-state index contributed by atoms with van der Waals surface area (Å²) in [4.78, 5) is 2.19. The van der Waals surface area contributed by atoms with Gasteiger partial charge in [0.05, 0.1) is 18.4 Å². The fraction of sp³-hybridized carbons (Fsp3) is 0.786. The molecule has 2 N–H and O–H groups in total. The van der Waals surface area contributed by atoms with Crippen molar-refractivity contribution < 1.29 is 4.74 Å². The van der Waals surface area contributed by atoms with Gasteiger partial charge in [-0.05, 0) is 34.1 Å². The average Bonchev–Trinajstić information content (AvgIpc) is 2.52. The third kappa shape index (κ3) is 4.51. The van der Waals surface area contributed by atoms with Crippen LogP contribution in [0.3, 0.4) is 0 Å². The van der Waals surface area contributed by atoms with Crippen molar-refractivity contribution in [3.8, 4) is 0 Å². The fourth-order valence-corrected chi connectivity index (χ4v) is 2.26. The SMILES string of the molecule is Cc1nn(C)c(N(C)CCOC(C)C)c1CC(C)N. The van der Waals surface area contributed by atoms with Crippen LogP contribution in [0.4, 0.5) is 5.82 Å². The monoisotopic (exact) mass is 268 g/mol. The highest BCUT2D eigenvalue weighted by molar-refractivity contribution is 5.50. The number of aromatic nitrogens is 2. The minimum absolute atomic E-state index is 0.141. The summed E-state index contributed by atoms with van der Waals surface area (Å²) in [5, 5.41) is 4.51. The maximum absolute atomic E-state index is 5.93. The van der Waals surface area contributed by atoms with E-state index >= 15 is 0 Å². The maximum Gasteiger partial charge on any atom is 0.129 e. The molecule has 0 aliphatic carbocycles. The molecule has 0 bridgehead atoms. The number of anilines is 1. The highest BCUT2D eigenvalue weighted by Crippen LogP contribution is 2.23. The first-order valence-electron chi connectivity index (χ1n) is 6.93. The largest absolute Gasteiger partial charge is 0.377 e. The van der Waals surface area contributed by atoms with Gasteiger partial charge in [-0.2, -0.15) is 5.10 Å². The Hall–Kier alpha value is -1.07. The Kier molecular flexibility index (Phi) is 5.82. The first kappa shape index (κ1) is 16.0. The van der Waals surface area contributed by atoms with E-state index in [0.29, 0.717) is 0 Å². The summed E-state index contributed by atoms with van der Waals surface area (Å²) in [5.41, 5.74) is 8.23. The number of hydrogen-bond donors (Lipinski definition) is 1. The molecule has 0 saturated heterocycles. The number of nitrogens with two attached hydrogens (primary N) is 1. The highest BCUT2D eigenvalue weighted by Gasteiger charge is 2.17. The van der Waals surface area contributed by atoms with E-state index in [2.05, 4.69) is 30.9 Å². The second-order valence-corrected chi connectivity index (χ2v) is 5.53. The lowest BCUT2D eigenvalue weighted by molar-refractivity contribution is 0.0844. The predicted octanol–water partition coefficient (Wildman–Crippen LogP) is 1.48. The highest BCUT2D eigenvalue weighted by atomic mass is 16.5. The van der Waals surface area contributed by atoms with E-state index in [1.165, 1.54) is 5.56 Å². The molecular formula is C14H28N4O. The molecule has 5 heteroatoms. The standard InChI is InChI=1S/C14H28N4O/c1-10(2)19-8-7-17(5)14-13(9-11(3)15)12(4)16-18(14)6/h10-11H,7-9,15H2,1-6H3. The van der Waals surface area contributed by atoms with Crippen LogP contribution in [0, 0.1) is 6.92 Å². The minimum atomic E-state index is 0.141. The Labute approximate surface area is 116 Å². The van der Waals surface area contributed by atoms with Gasteiger partial charge in [-0.3, -0.25) is 4.68 Å². The van der Waals surface area contributed by atoms with E-state index in [4.69, 9.17) is 10.5 Å². The van der Waals surface area contributed by atoms with Gasteiger partial charge < -0.3 is 15.4 Å². The molecular weight excluding hydrogens is 240 g/mol.